The van der Waals surface area contributed by atoms with Crippen molar-refractivity contribution in [1.29, 1.82) is 5.26 Å². The molecular weight excluding hydrogens is 292 g/mol. The largest absolute Gasteiger partial charge is 0.489 e. The van der Waals surface area contributed by atoms with Gasteiger partial charge >= 0.3 is 6.09 Å². The van der Waals surface area contributed by atoms with Crippen molar-refractivity contribution in [1.82, 2.24) is 4.90 Å². The fourth-order valence-corrected chi connectivity index (χ4v) is 2.54. The van der Waals surface area contributed by atoms with E-state index in [1.54, 1.807) is 4.90 Å². The van der Waals surface area contributed by atoms with Crippen molar-refractivity contribution in [3.8, 4) is 11.8 Å². The number of rotatable bonds is 2. The van der Waals surface area contributed by atoms with Crippen LogP contribution in [0.5, 0.6) is 5.75 Å². The average molecular weight is 316 g/mol. The van der Waals surface area contributed by atoms with Gasteiger partial charge in [0.15, 0.2) is 0 Å². The first kappa shape index (κ1) is 17.1. The summed E-state index contributed by atoms with van der Waals surface area (Å²) in [6.07, 6.45) is 1.21. The molecule has 2 rings (SSSR count). The van der Waals surface area contributed by atoms with E-state index in [0.29, 0.717) is 24.4 Å². The molecule has 0 aromatic heterocycles. The van der Waals surface area contributed by atoms with Crippen molar-refractivity contribution in [3.05, 3.63) is 29.3 Å². The number of benzene rings is 1. The van der Waals surface area contributed by atoms with Crippen LogP contribution in [0.25, 0.3) is 0 Å². The quantitative estimate of drug-likeness (QED) is 0.835. The Bertz CT molecular complexity index is 606. The van der Waals surface area contributed by atoms with Crippen LogP contribution in [0.3, 0.4) is 0 Å². The van der Waals surface area contributed by atoms with Gasteiger partial charge in [-0.3, -0.25) is 0 Å². The number of carbonyl (C=O) groups is 1. The minimum Gasteiger partial charge on any atom is -0.489 e. The Hall–Kier alpha value is -2.22. The van der Waals surface area contributed by atoms with E-state index in [9.17, 15) is 10.1 Å². The van der Waals surface area contributed by atoms with Gasteiger partial charge in [-0.05, 0) is 39.3 Å². The molecule has 1 saturated heterocycles. The molecule has 1 aromatic rings. The lowest BCUT2D eigenvalue weighted by molar-refractivity contribution is 0.0126. The predicted octanol–water partition coefficient (Wildman–Crippen LogP) is 3.65. The molecule has 5 nitrogen and oxygen atoms in total. The van der Waals surface area contributed by atoms with Crippen LogP contribution in [0.15, 0.2) is 18.2 Å². The summed E-state index contributed by atoms with van der Waals surface area (Å²) in [5.74, 6) is 0.628. The summed E-state index contributed by atoms with van der Waals surface area (Å²) in [6.45, 7) is 8.70. The molecule has 0 bridgehead atoms. The SMILES string of the molecule is Cc1cccc(OC2CCN(C(=O)OC(C)(C)C)CC2)c1C#N. The van der Waals surface area contributed by atoms with Crippen molar-refractivity contribution >= 4 is 6.09 Å². The molecule has 23 heavy (non-hydrogen) atoms. The minimum atomic E-state index is -0.478. The van der Waals surface area contributed by atoms with Crippen molar-refractivity contribution in [2.75, 3.05) is 13.1 Å². The molecule has 0 N–H and O–H groups in total. The van der Waals surface area contributed by atoms with E-state index in [4.69, 9.17) is 9.47 Å². The highest BCUT2D eigenvalue weighted by Crippen LogP contribution is 2.25. The summed E-state index contributed by atoms with van der Waals surface area (Å²) in [6, 6.07) is 7.81. The van der Waals surface area contributed by atoms with E-state index in [2.05, 4.69) is 6.07 Å². The molecule has 0 saturated carbocycles. The van der Waals surface area contributed by atoms with Gasteiger partial charge in [0.2, 0.25) is 0 Å². The van der Waals surface area contributed by atoms with E-state index >= 15 is 0 Å². The highest BCUT2D eigenvalue weighted by molar-refractivity contribution is 5.68. The lowest BCUT2D eigenvalue weighted by Gasteiger charge is -2.33. The first-order valence-electron chi connectivity index (χ1n) is 7.94. The zero-order chi connectivity index (χ0) is 17.0. The second-order valence-electron chi connectivity index (χ2n) is 6.84. The Balaban J connectivity index is 1.92. The Labute approximate surface area is 137 Å². The van der Waals surface area contributed by atoms with Gasteiger partial charge in [-0.25, -0.2) is 4.79 Å². The van der Waals surface area contributed by atoms with Gasteiger partial charge in [-0.15, -0.1) is 0 Å². The van der Waals surface area contributed by atoms with Crippen LogP contribution in [-0.2, 0) is 4.74 Å². The summed E-state index contributed by atoms with van der Waals surface area (Å²) in [5.41, 5.74) is 1.02. The summed E-state index contributed by atoms with van der Waals surface area (Å²) in [7, 11) is 0. The van der Waals surface area contributed by atoms with Crippen LogP contribution in [0.2, 0.25) is 0 Å². The number of carbonyl (C=O) groups excluding carboxylic acids is 1. The van der Waals surface area contributed by atoms with Crippen LogP contribution >= 0.6 is 0 Å². The lowest BCUT2D eigenvalue weighted by Crippen LogP contribution is -2.44. The van der Waals surface area contributed by atoms with Gasteiger partial charge in [-0.1, -0.05) is 12.1 Å². The van der Waals surface area contributed by atoms with Gasteiger partial charge in [-0.2, -0.15) is 5.26 Å². The number of nitrogens with zero attached hydrogens (tertiary/aromatic N) is 2. The fraction of sp³-hybridized carbons (Fsp3) is 0.556. The molecule has 1 aliphatic rings. The zero-order valence-corrected chi connectivity index (χ0v) is 14.3. The number of aryl methyl sites for hydroxylation is 1. The lowest BCUT2D eigenvalue weighted by atomic mass is 10.1. The van der Waals surface area contributed by atoms with E-state index in [1.165, 1.54) is 0 Å². The van der Waals surface area contributed by atoms with Gasteiger partial charge in [0, 0.05) is 25.9 Å². The number of hydrogen-bond acceptors (Lipinski definition) is 4. The standard InChI is InChI=1S/C18H24N2O3/c1-13-6-5-7-16(15(13)12-19)22-14-8-10-20(11-9-14)17(21)23-18(2,3)4/h5-7,14H,8-11H2,1-4H3. The third-order valence-electron chi connectivity index (χ3n) is 3.73. The average Bonchev–Trinajstić information content (AvgIpc) is 2.46. The second kappa shape index (κ2) is 6.91. The molecule has 5 heteroatoms. The van der Waals surface area contributed by atoms with Crippen LogP contribution < -0.4 is 4.74 Å². The van der Waals surface area contributed by atoms with Crippen molar-refractivity contribution in [3.63, 3.8) is 0 Å². The van der Waals surface area contributed by atoms with Gasteiger partial charge < -0.3 is 14.4 Å². The summed E-state index contributed by atoms with van der Waals surface area (Å²) in [4.78, 5) is 13.8. The Morgan fingerprint density at radius 2 is 1.96 bits per heavy atom. The third kappa shape index (κ3) is 4.62. The van der Waals surface area contributed by atoms with Crippen molar-refractivity contribution < 1.29 is 14.3 Å². The second-order valence-corrected chi connectivity index (χ2v) is 6.84. The maximum atomic E-state index is 12.0. The topological polar surface area (TPSA) is 62.6 Å². The smallest absolute Gasteiger partial charge is 0.410 e. The van der Waals surface area contributed by atoms with Crippen LogP contribution in [-0.4, -0.2) is 35.8 Å². The molecule has 1 amide bonds. The number of ether oxygens (including phenoxy) is 2. The highest BCUT2D eigenvalue weighted by Gasteiger charge is 2.28. The third-order valence-corrected chi connectivity index (χ3v) is 3.73. The molecule has 1 aliphatic heterocycles. The van der Waals surface area contributed by atoms with Gasteiger partial charge in [0.1, 0.15) is 23.5 Å². The first-order valence-corrected chi connectivity index (χ1v) is 7.94. The maximum Gasteiger partial charge on any atom is 0.410 e. The Kier molecular flexibility index (Phi) is 5.15. The van der Waals surface area contributed by atoms with Crippen molar-refractivity contribution in [2.45, 2.75) is 52.2 Å². The summed E-state index contributed by atoms with van der Waals surface area (Å²) >= 11 is 0. The predicted molar refractivity (Wildman–Crippen MR) is 87.4 cm³/mol. The monoisotopic (exact) mass is 316 g/mol. The molecule has 0 spiro atoms. The molecule has 0 unspecified atom stereocenters. The van der Waals surface area contributed by atoms with E-state index in [-0.39, 0.29) is 12.2 Å². The zero-order valence-electron chi connectivity index (χ0n) is 14.3. The van der Waals surface area contributed by atoms with Gasteiger partial charge in [0.05, 0.1) is 5.56 Å². The van der Waals surface area contributed by atoms with Crippen molar-refractivity contribution in [2.24, 2.45) is 0 Å². The number of hydrogen-bond donors (Lipinski definition) is 0. The fourth-order valence-electron chi connectivity index (χ4n) is 2.54. The number of nitriles is 1. The number of piperidine rings is 1. The van der Waals surface area contributed by atoms with Crippen LogP contribution in [0.4, 0.5) is 4.79 Å². The highest BCUT2D eigenvalue weighted by atomic mass is 16.6. The van der Waals surface area contributed by atoms with E-state index in [0.717, 1.165) is 18.4 Å². The normalized spacial score (nSPS) is 15.9. The van der Waals surface area contributed by atoms with Crippen LogP contribution in [0.1, 0.15) is 44.7 Å². The Morgan fingerprint density at radius 1 is 1.30 bits per heavy atom. The maximum absolute atomic E-state index is 12.0. The molecule has 1 aromatic carbocycles. The van der Waals surface area contributed by atoms with Crippen LogP contribution in [0, 0.1) is 18.3 Å². The number of amides is 1. The molecule has 124 valence electrons. The molecular formula is C18H24N2O3. The molecule has 1 fully saturated rings. The minimum absolute atomic E-state index is 0.0163. The summed E-state index contributed by atoms with van der Waals surface area (Å²) in [5, 5.41) is 9.25. The van der Waals surface area contributed by atoms with E-state index in [1.807, 2.05) is 45.9 Å². The first-order chi connectivity index (χ1) is 10.8. The summed E-state index contributed by atoms with van der Waals surface area (Å²) < 4.78 is 11.4. The molecule has 1 heterocycles. The Morgan fingerprint density at radius 3 is 2.52 bits per heavy atom. The van der Waals surface area contributed by atoms with Gasteiger partial charge in [0.25, 0.3) is 0 Å². The number of likely N-dealkylation sites (tertiary alicyclic amines) is 1. The molecule has 0 radical (unpaired) electrons. The molecule has 0 aliphatic carbocycles. The molecule has 0 atom stereocenters. The van der Waals surface area contributed by atoms with E-state index < -0.39 is 5.60 Å².